The molecule has 70 heavy (non-hydrogen) atoms. The lowest BCUT2D eigenvalue weighted by Gasteiger charge is -2.38. The Bertz CT molecular complexity index is 3800. The first-order valence-corrected chi connectivity index (χ1v) is 24.3. The first kappa shape index (κ1) is 40.1. The van der Waals surface area contributed by atoms with Gasteiger partial charge in [-0.25, -0.2) is 0 Å². The van der Waals surface area contributed by atoms with Crippen molar-refractivity contribution in [3.8, 4) is 27.9 Å². The Balaban J connectivity index is 1.05. The zero-order chi connectivity index (χ0) is 46.2. The zero-order valence-corrected chi connectivity index (χ0v) is 38.5. The third-order valence-electron chi connectivity index (χ3n) is 15.3. The second-order valence-electron chi connectivity index (χ2n) is 18.7. The van der Waals surface area contributed by atoms with Crippen LogP contribution in [-0.4, -0.2) is 4.57 Å². The Kier molecular flexibility index (Phi) is 9.06. The van der Waals surface area contributed by atoms with Gasteiger partial charge in [-0.3, -0.25) is 0 Å². The maximum atomic E-state index is 2.53. The molecule has 2 nitrogen and oxygen atoms in total. The second kappa shape index (κ2) is 15.8. The molecule has 0 aliphatic heterocycles. The van der Waals surface area contributed by atoms with E-state index in [1.807, 2.05) is 0 Å². The van der Waals surface area contributed by atoms with Crippen LogP contribution < -0.4 is 4.90 Å². The van der Waals surface area contributed by atoms with Gasteiger partial charge in [0.2, 0.25) is 0 Å². The molecule has 0 saturated carbocycles. The number of rotatable bonds is 8. The summed E-state index contributed by atoms with van der Waals surface area (Å²) >= 11 is 0. The van der Waals surface area contributed by atoms with Crippen LogP contribution in [0.5, 0.6) is 0 Å². The van der Waals surface area contributed by atoms with E-state index in [9.17, 15) is 0 Å². The second-order valence-corrected chi connectivity index (χ2v) is 18.7. The monoisotopic (exact) mass is 890 g/mol. The van der Waals surface area contributed by atoms with Gasteiger partial charge in [-0.2, -0.15) is 0 Å². The fourth-order valence-corrected chi connectivity index (χ4v) is 12.6. The van der Waals surface area contributed by atoms with Crippen LogP contribution in [0.4, 0.5) is 17.1 Å². The number of nitrogens with zero attached hydrogens (tertiary/aromatic N) is 2. The van der Waals surface area contributed by atoms with Crippen molar-refractivity contribution in [3.05, 3.63) is 324 Å². The van der Waals surface area contributed by atoms with E-state index in [4.69, 9.17) is 0 Å². The summed E-state index contributed by atoms with van der Waals surface area (Å²) in [5, 5.41) is 2.49. The van der Waals surface area contributed by atoms with Crippen molar-refractivity contribution in [3.63, 3.8) is 0 Å². The molecule has 0 N–H and O–H groups in total. The standard InChI is InChI=1S/C68H46N2/c1-4-22-47(23-5-1)67(60-36-15-10-30-54(60)55-31-11-16-37-61(55)67)50-42-44-51(45-43-50)69(52-28-20-29-53(46-52)70-63-39-18-13-33-57(63)58-34-14-19-40-64(58)70)65-41-21-35-59-56-32-12-17-38-62(56)68(66(59)65,48-24-6-2-7-25-48)49-26-8-3-9-27-49/h1-46H. The minimum atomic E-state index is -0.623. The normalized spacial score (nSPS) is 13.7. The molecule has 12 aromatic rings. The maximum Gasteiger partial charge on any atom is 0.0734 e. The van der Waals surface area contributed by atoms with Crippen LogP contribution in [0.3, 0.4) is 0 Å². The van der Waals surface area contributed by atoms with Gasteiger partial charge in [0.25, 0.3) is 0 Å². The Morgan fingerprint density at radius 2 is 0.700 bits per heavy atom. The maximum absolute atomic E-state index is 2.53. The molecule has 0 unspecified atom stereocenters. The molecule has 0 spiro atoms. The van der Waals surface area contributed by atoms with E-state index in [0.29, 0.717) is 0 Å². The third-order valence-corrected chi connectivity index (χ3v) is 15.3. The lowest BCUT2D eigenvalue weighted by Crippen LogP contribution is -2.30. The molecule has 11 aromatic carbocycles. The quantitative estimate of drug-likeness (QED) is 0.148. The van der Waals surface area contributed by atoms with E-state index in [0.717, 1.165) is 22.7 Å². The van der Waals surface area contributed by atoms with Gasteiger partial charge in [0.05, 0.1) is 27.6 Å². The average Bonchev–Trinajstić information content (AvgIpc) is 4.06. The van der Waals surface area contributed by atoms with Crippen molar-refractivity contribution in [2.24, 2.45) is 0 Å². The molecule has 0 bridgehead atoms. The fraction of sp³-hybridized carbons (Fsp3) is 0.0294. The molecule has 1 heterocycles. The Morgan fingerprint density at radius 3 is 1.26 bits per heavy atom. The molecule has 328 valence electrons. The first-order valence-electron chi connectivity index (χ1n) is 24.3. The van der Waals surface area contributed by atoms with E-state index in [1.54, 1.807) is 0 Å². The van der Waals surface area contributed by atoms with Gasteiger partial charge in [0, 0.05) is 33.4 Å². The van der Waals surface area contributed by atoms with Gasteiger partial charge in [0.1, 0.15) is 0 Å². The van der Waals surface area contributed by atoms with E-state index < -0.39 is 10.8 Å². The van der Waals surface area contributed by atoms with Crippen LogP contribution in [0.15, 0.2) is 279 Å². The Morgan fingerprint density at radius 1 is 0.286 bits per heavy atom. The van der Waals surface area contributed by atoms with Gasteiger partial charge < -0.3 is 9.47 Å². The summed E-state index contributed by atoms with van der Waals surface area (Å²) in [6.07, 6.45) is 0. The predicted octanol–water partition coefficient (Wildman–Crippen LogP) is 17.0. The van der Waals surface area contributed by atoms with E-state index in [2.05, 4.69) is 289 Å². The van der Waals surface area contributed by atoms with Crippen LogP contribution in [-0.2, 0) is 10.8 Å². The highest BCUT2D eigenvalue weighted by Crippen LogP contribution is 2.61. The molecular formula is C68H46N2. The van der Waals surface area contributed by atoms with Crippen LogP contribution in [0, 0.1) is 0 Å². The molecule has 0 saturated heterocycles. The minimum Gasteiger partial charge on any atom is -0.310 e. The van der Waals surface area contributed by atoms with Crippen molar-refractivity contribution in [2.45, 2.75) is 10.8 Å². The number of hydrogen-bond acceptors (Lipinski definition) is 1. The first-order chi connectivity index (χ1) is 34.8. The third kappa shape index (κ3) is 5.62. The number of fused-ring (bicyclic) bond motifs is 9. The molecule has 0 radical (unpaired) electrons. The van der Waals surface area contributed by atoms with Crippen molar-refractivity contribution in [1.82, 2.24) is 4.57 Å². The van der Waals surface area contributed by atoms with Crippen molar-refractivity contribution in [1.29, 1.82) is 0 Å². The topological polar surface area (TPSA) is 8.17 Å². The van der Waals surface area contributed by atoms with Gasteiger partial charge in [0.15, 0.2) is 0 Å². The lowest BCUT2D eigenvalue weighted by atomic mass is 9.67. The number of hydrogen-bond donors (Lipinski definition) is 0. The molecule has 0 atom stereocenters. The molecule has 14 rings (SSSR count). The van der Waals surface area contributed by atoms with Gasteiger partial charge in [-0.15, -0.1) is 0 Å². The van der Waals surface area contributed by atoms with Crippen LogP contribution in [0.1, 0.15) is 44.5 Å². The van der Waals surface area contributed by atoms with E-state index in [-0.39, 0.29) is 0 Å². The zero-order valence-electron chi connectivity index (χ0n) is 38.5. The number of anilines is 3. The van der Waals surface area contributed by atoms with Crippen LogP contribution in [0.2, 0.25) is 0 Å². The van der Waals surface area contributed by atoms with E-state index >= 15 is 0 Å². The number of benzene rings is 11. The summed E-state index contributed by atoms with van der Waals surface area (Å²) in [6, 6.07) is 104. The van der Waals surface area contributed by atoms with Crippen molar-refractivity contribution in [2.75, 3.05) is 4.90 Å². The van der Waals surface area contributed by atoms with Crippen molar-refractivity contribution >= 4 is 38.9 Å². The smallest absolute Gasteiger partial charge is 0.0734 e. The molecular weight excluding hydrogens is 845 g/mol. The van der Waals surface area contributed by atoms with E-state index in [1.165, 1.54) is 88.6 Å². The molecule has 2 aliphatic rings. The average molecular weight is 891 g/mol. The van der Waals surface area contributed by atoms with Crippen molar-refractivity contribution < 1.29 is 0 Å². The number of para-hydroxylation sites is 2. The molecule has 1 aromatic heterocycles. The predicted molar refractivity (Wildman–Crippen MR) is 290 cm³/mol. The summed E-state index contributed by atoms with van der Waals surface area (Å²) in [4.78, 5) is 2.53. The summed E-state index contributed by atoms with van der Waals surface area (Å²) in [6.45, 7) is 0. The summed E-state index contributed by atoms with van der Waals surface area (Å²) in [7, 11) is 0. The summed E-state index contributed by atoms with van der Waals surface area (Å²) in [5.74, 6) is 0. The van der Waals surface area contributed by atoms with Crippen LogP contribution >= 0.6 is 0 Å². The highest BCUT2D eigenvalue weighted by molar-refractivity contribution is 6.09. The molecule has 2 heteroatoms. The highest BCUT2D eigenvalue weighted by atomic mass is 15.1. The van der Waals surface area contributed by atoms with Gasteiger partial charge in [-0.1, -0.05) is 231 Å². The molecule has 0 amide bonds. The molecule has 0 fully saturated rings. The largest absolute Gasteiger partial charge is 0.310 e. The Hall–Kier alpha value is -8.98. The fourth-order valence-electron chi connectivity index (χ4n) is 12.6. The lowest BCUT2D eigenvalue weighted by molar-refractivity contribution is 0.766. The summed E-state index contributed by atoms with van der Waals surface area (Å²) in [5.41, 5.74) is 20.8. The SMILES string of the molecule is c1ccc(C2(c3ccc(N(c4cccc(-n5c6ccccc6c6ccccc65)c4)c4cccc5c4C(c4ccccc4)(c4ccccc4)c4ccccc4-5)cc3)c3ccccc3-c3ccccc32)cc1. The molecule has 2 aliphatic carbocycles. The number of aromatic nitrogens is 1. The minimum absolute atomic E-state index is 0.514. The Labute approximate surface area is 408 Å². The van der Waals surface area contributed by atoms with Crippen LogP contribution in [0.25, 0.3) is 49.7 Å². The summed E-state index contributed by atoms with van der Waals surface area (Å²) < 4.78 is 2.43. The van der Waals surface area contributed by atoms with Gasteiger partial charge in [-0.05, 0) is 110 Å². The van der Waals surface area contributed by atoms with Gasteiger partial charge >= 0.3 is 0 Å². The highest BCUT2D eigenvalue weighted by Gasteiger charge is 2.49.